The summed E-state index contributed by atoms with van der Waals surface area (Å²) in [7, 11) is 3.33. The van der Waals surface area contributed by atoms with Gasteiger partial charge in [0, 0.05) is 11.6 Å². The number of hydrogen-bond donors (Lipinski definition) is 0. The molecular weight excluding hydrogens is 360 g/mol. The van der Waals surface area contributed by atoms with Gasteiger partial charge < -0.3 is 14.0 Å². The first kappa shape index (κ1) is 19.1. The molecule has 1 heterocycles. The SMILES string of the molecule is COc1cc(OC)cc(-c2nc3ccccc3n2Cc2c(C)cc(C)cc2C)c1. The van der Waals surface area contributed by atoms with Crippen LogP contribution in [0, 0.1) is 20.8 Å². The Morgan fingerprint density at radius 3 is 2.07 bits per heavy atom. The molecule has 0 saturated heterocycles. The molecule has 4 rings (SSSR count). The number of aromatic nitrogens is 2. The van der Waals surface area contributed by atoms with Crippen LogP contribution in [0.5, 0.6) is 11.5 Å². The van der Waals surface area contributed by atoms with Crippen LogP contribution < -0.4 is 9.47 Å². The van der Waals surface area contributed by atoms with E-state index in [0.717, 1.165) is 40.5 Å². The van der Waals surface area contributed by atoms with E-state index < -0.39 is 0 Å². The van der Waals surface area contributed by atoms with Gasteiger partial charge in [0.1, 0.15) is 17.3 Å². The lowest BCUT2D eigenvalue weighted by atomic mass is 9.99. The first-order chi connectivity index (χ1) is 14.0. The zero-order chi connectivity index (χ0) is 20.5. The molecule has 29 heavy (non-hydrogen) atoms. The van der Waals surface area contributed by atoms with Crippen LogP contribution in [-0.4, -0.2) is 23.8 Å². The fraction of sp³-hybridized carbons (Fsp3) is 0.240. The van der Waals surface area contributed by atoms with Crippen LogP contribution in [0.15, 0.2) is 54.6 Å². The largest absolute Gasteiger partial charge is 0.497 e. The highest BCUT2D eigenvalue weighted by molar-refractivity contribution is 5.81. The molecule has 0 N–H and O–H groups in total. The Balaban J connectivity index is 1.93. The van der Waals surface area contributed by atoms with Gasteiger partial charge in [-0.25, -0.2) is 4.98 Å². The normalized spacial score (nSPS) is 11.1. The third-order valence-corrected chi connectivity index (χ3v) is 5.42. The van der Waals surface area contributed by atoms with E-state index in [2.05, 4.69) is 55.7 Å². The number of ether oxygens (including phenoxy) is 2. The first-order valence-electron chi connectivity index (χ1n) is 9.75. The summed E-state index contributed by atoms with van der Waals surface area (Å²) in [6.07, 6.45) is 0. The summed E-state index contributed by atoms with van der Waals surface area (Å²) in [5.41, 5.74) is 8.28. The lowest BCUT2D eigenvalue weighted by Crippen LogP contribution is -2.06. The number of benzene rings is 3. The highest BCUT2D eigenvalue weighted by atomic mass is 16.5. The smallest absolute Gasteiger partial charge is 0.141 e. The Morgan fingerprint density at radius 1 is 0.828 bits per heavy atom. The maximum absolute atomic E-state index is 5.49. The molecular formula is C25H26N2O2. The average molecular weight is 386 g/mol. The maximum Gasteiger partial charge on any atom is 0.141 e. The number of para-hydroxylation sites is 2. The minimum Gasteiger partial charge on any atom is -0.497 e. The van der Waals surface area contributed by atoms with Crippen LogP contribution in [0.2, 0.25) is 0 Å². The zero-order valence-corrected chi connectivity index (χ0v) is 17.6. The van der Waals surface area contributed by atoms with Crippen molar-refractivity contribution in [2.75, 3.05) is 14.2 Å². The fourth-order valence-electron chi connectivity index (χ4n) is 4.01. The molecule has 148 valence electrons. The number of hydrogen-bond acceptors (Lipinski definition) is 3. The van der Waals surface area contributed by atoms with Gasteiger partial charge in [-0.1, -0.05) is 29.8 Å². The van der Waals surface area contributed by atoms with E-state index in [1.165, 1.54) is 22.3 Å². The van der Waals surface area contributed by atoms with Crippen LogP contribution in [0.4, 0.5) is 0 Å². The van der Waals surface area contributed by atoms with Crippen molar-refractivity contribution in [2.45, 2.75) is 27.3 Å². The second-order valence-electron chi connectivity index (χ2n) is 7.49. The lowest BCUT2D eigenvalue weighted by Gasteiger charge is -2.16. The molecule has 0 unspecified atom stereocenters. The molecule has 0 radical (unpaired) electrons. The summed E-state index contributed by atoms with van der Waals surface area (Å²) >= 11 is 0. The first-order valence-corrected chi connectivity index (χ1v) is 9.75. The highest BCUT2D eigenvalue weighted by Crippen LogP contribution is 2.32. The van der Waals surface area contributed by atoms with Crippen molar-refractivity contribution < 1.29 is 9.47 Å². The molecule has 0 atom stereocenters. The molecule has 0 saturated carbocycles. The van der Waals surface area contributed by atoms with E-state index in [9.17, 15) is 0 Å². The van der Waals surface area contributed by atoms with Gasteiger partial charge in [0.2, 0.25) is 0 Å². The van der Waals surface area contributed by atoms with Crippen molar-refractivity contribution in [1.82, 2.24) is 9.55 Å². The lowest BCUT2D eigenvalue weighted by molar-refractivity contribution is 0.394. The van der Waals surface area contributed by atoms with E-state index >= 15 is 0 Å². The van der Waals surface area contributed by atoms with E-state index in [4.69, 9.17) is 14.5 Å². The van der Waals surface area contributed by atoms with E-state index in [1.54, 1.807) is 14.2 Å². The van der Waals surface area contributed by atoms with Gasteiger partial charge in [0.15, 0.2) is 0 Å². The molecule has 0 aliphatic heterocycles. The highest BCUT2D eigenvalue weighted by Gasteiger charge is 2.16. The van der Waals surface area contributed by atoms with Gasteiger partial charge in [-0.15, -0.1) is 0 Å². The van der Waals surface area contributed by atoms with Crippen LogP contribution in [0.3, 0.4) is 0 Å². The molecule has 0 aliphatic carbocycles. The quantitative estimate of drug-likeness (QED) is 0.442. The third-order valence-electron chi connectivity index (χ3n) is 5.42. The van der Waals surface area contributed by atoms with Crippen molar-refractivity contribution in [3.05, 3.63) is 76.9 Å². The van der Waals surface area contributed by atoms with Crippen molar-refractivity contribution in [3.8, 4) is 22.9 Å². The second kappa shape index (κ2) is 7.63. The molecule has 4 aromatic rings. The number of rotatable bonds is 5. The van der Waals surface area contributed by atoms with Crippen LogP contribution in [0.25, 0.3) is 22.4 Å². The minimum absolute atomic E-state index is 0.751. The Morgan fingerprint density at radius 2 is 1.45 bits per heavy atom. The molecule has 1 aromatic heterocycles. The van der Waals surface area contributed by atoms with Crippen molar-refractivity contribution >= 4 is 11.0 Å². The van der Waals surface area contributed by atoms with Crippen LogP contribution in [-0.2, 0) is 6.54 Å². The Hall–Kier alpha value is -3.27. The van der Waals surface area contributed by atoms with Gasteiger partial charge in [-0.2, -0.15) is 0 Å². The topological polar surface area (TPSA) is 36.3 Å². The standard InChI is InChI=1S/C25H26N2O2/c1-16-10-17(2)22(18(3)11-16)15-27-24-9-7-6-8-23(24)26-25(27)19-12-20(28-4)14-21(13-19)29-5/h6-14H,15H2,1-5H3. The molecule has 4 nitrogen and oxygen atoms in total. The number of imidazole rings is 1. The molecule has 0 amide bonds. The third kappa shape index (κ3) is 3.58. The zero-order valence-electron chi connectivity index (χ0n) is 17.6. The van der Waals surface area contributed by atoms with Gasteiger partial charge in [0.05, 0.1) is 31.8 Å². The number of aryl methyl sites for hydroxylation is 3. The molecule has 0 spiro atoms. The molecule has 0 aliphatic rings. The Kier molecular flexibility index (Phi) is 5.01. The molecule has 0 fully saturated rings. The molecule has 4 heteroatoms. The van der Waals surface area contributed by atoms with E-state index in [-0.39, 0.29) is 0 Å². The summed E-state index contributed by atoms with van der Waals surface area (Å²) in [5.74, 6) is 2.41. The molecule has 3 aromatic carbocycles. The number of fused-ring (bicyclic) bond motifs is 1. The van der Waals surface area contributed by atoms with Crippen molar-refractivity contribution in [1.29, 1.82) is 0 Å². The average Bonchev–Trinajstić information content (AvgIpc) is 3.08. The minimum atomic E-state index is 0.751. The summed E-state index contributed by atoms with van der Waals surface area (Å²) in [6.45, 7) is 7.27. The Labute approximate surface area is 171 Å². The summed E-state index contributed by atoms with van der Waals surface area (Å²) in [4.78, 5) is 4.96. The molecule has 0 bridgehead atoms. The predicted octanol–water partition coefficient (Wildman–Crippen LogP) is 5.69. The van der Waals surface area contributed by atoms with Crippen LogP contribution in [0.1, 0.15) is 22.3 Å². The number of nitrogens with zero attached hydrogens (tertiary/aromatic N) is 2. The predicted molar refractivity (Wildman–Crippen MR) is 118 cm³/mol. The van der Waals surface area contributed by atoms with E-state index in [0.29, 0.717) is 0 Å². The summed E-state index contributed by atoms with van der Waals surface area (Å²) in [5, 5.41) is 0. The maximum atomic E-state index is 5.49. The van der Waals surface area contributed by atoms with Crippen LogP contribution >= 0.6 is 0 Å². The van der Waals surface area contributed by atoms with Gasteiger partial charge in [-0.05, 0) is 61.7 Å². The number of methoxy groups -OCH3 is 2. The Bertz CT molecular complexity index is 1150. The van der Waals surface area contributed by atoms with Crippen molar-refractivity contribution in [2.24, 2.45) is 0 Å². The van der Waals surface area contributed by atoms with E-state index in [1.807, 2.05) is 24.3 Å². The van der Waals surface area contributed by atoms with Gasteiger partial charge in [0.25, 0.3) is 0 Å². The fourth-order valence-corrected chi connectivity index (χ4v) is 4.01. The summed E-state index contributed by atoms with van der Waals surface area (Å²) in [6, 6.07) is 18.7. The second-order valence-corrected chi connectivity index (χ2v) is 7.49. The van der Waals surface area contributed by atoms with Gasteiger partial charge in [-0.3, -0.25) is 0 Å². The monoisotopic (exact) mass is 386 g/mol. The van der Waals surface area contributed by atoms with Crippen molar-refractivity contribution in [3.63, 3.8) is 0 Å². The van der Waals surface area contributed by atoms with Gasteiger partial charge >= 0.3 is 0 Å². The summed E-state index contributed by atoms with van der Waals surface area (Å²) < 4.78 is 13.3.